The summed E-state index contributed by atoms with van der Waals surface area (Å²) in [4.78, 5) is 0.623. The summed E-state index contributed by atoms with van der Waals surface area (Å²) in [7, 11) is 0. The number of hydrogen-bond donors (Lipinski definition) is 1. The summed E-state index contributed by atoms with van der Waals surface area (Å²) >= 11 is 1.27. The molecule has 13 heavy (non-hydrogen) atoms. The van der Waals surface area contributed by atoms with Crippen molar-refractivity contribution in [3.05, 3.63) is 21.9 Å². The van der Waals surface area contributed by atoms with Crippen molar-refractivity contribution in [2.75, 3.05) is 0 Å². The lowest BCUT2D eigenvalue weighted by molar-refractivity contribution is -0.138. The molecule has 74 valence electrons. The molecular weight excluding hydrogens is 199 g/mol. The average Bonchev–Trinajstić information content (AvgIpc) is 2.30. The first-order chi connectivity index (χ1) is 5.90. The van der Waals surface area contributed by atoms with Crippen LogP contribution in [-0.2, 0) is 0 Å². The average molecular weight is 209 g/mol. The van der Waals surface area contributed by atoms with E-state index in [0.717, 1.165) is 5.56 Å². The lowest BCUT2D eigenvalue weighted by Crippen LogP contribution is -2.19. The number of alkyl halides is 3. The van der Waals surface area contributed by atoms with Crippen LogP contribution in [0.4, 0.5) is 13.2 Å². The molecule has 1 unspecified atom stereocenters. The van der Waals surface area contributed by atoms with E-state index in [4.69, 9.17) is 5.73 Å². The number of halogens is 3. The molecule has 0 fully saturated rings. The Morgan fingerprint density at radius 3 is 2.54 bits per heavy atom. The van der Waals surface area contributed by atoms with E-state index in [2.05, 4.69) is 0 Å². The monoisotopic (exact) mass is 209 g/mol. The van der Waals surface area contributed by atoms with Gasteiger partial charge < -0.3 is 5.73 Å². The van der Waals surface area contributed by atoms with Crippen LogP contribution in [-0.4, -0.2) is 6.18 Å². The summed E-state index contributed by atoms with van der Waals surface area (Å²) in [6.07, 6.45) is -5.13. The van der Waals surface area contributed by atoms with E-state index in [1.807, 2.05) is 0 Å². The SMILES string of the molecule is Cc1ccsc1C(N)CC(F)(F)F. The van der Waals surface area contributed by atoms with Crippen molar-refractivity contribution in [3.63, 3.8) is 0 Å². The van der Waals surface area contributed by atoms with Gasteiger partial charge in [0.15, 0.2) is 0 Å². The minimum Gasteiger partial charge on any atom is -0.323 e. The van der Waals surface area contributed by atoms with Crippen molar-refractivity contribution in [2.24, 2.45) is 5.73 Å². The molecule has 5 heteroatoms. The van der Waals surface area contributed by atoms with Gasteiger partial charge in [-0.1, -0.05) is 0 Å². The molecule has 0 bridgehead atoms. The van der Waals surface area contributed by atoms with Gasteiger partial charge in [-0.3, -0.25) is 0 Å². The Labute approximate surface area is 78.4 Å². The predicted molar refractivity (Wildman–Crippen MR) is 46.7 cm³/mol. The molecule has 0 aliphatic rings. The summed E-state index contributed by atoms with van der Waals surface area (Å²) in [5, 5.41) is 1.75. The molecule has 0 spiro atoms. The van der Waals surface area contributed by atoms with Crippen molar-refractivity contribution in [2.45, 2.75) is 25.6 Å². The van der Waals surface area contributed by atoms with Gasteiger partial charge in [0, 0.05) is 10.9 Å². The standard InChI is InChI=1S/C8H10F3NS/c1-5-2-3-13-7(5)6(12)4-8(9,10)11/h2-3,6H,4,12H2,1H3. The highest BCUT2D eigenvalue weighted by Crippen LogP contribution is 2.31. The molecule has 0 amide bonds. The summed E-state index contributed by atoms with van der Waals surface area (Å²) in [6.45, 7) is 1.77. The molecule has 1 aromatic rings. The Kier molecular flexibility index (Phi) is 2.98. The van der Waals surface area contributed by atoms with Gasteiger partial charge in [-0.25, -0.2) is 0 Å². The van der Waals surface area contributed by atoms with E-state index in [1.165, 1.54) is 11.3 Å². The predicted octanol–water partition coefficient (Wildman–Crippen LogP) is 3.01. The molecule has 0 radical (unpaired) electrons. The number of rotatable bonds is 2. The van der Waals surface area contributed by atoms with Gasteiger partial charge in [0.2, 0.25) is 0 Å². The third kappa shape index (κ3) is 3.00. The molecule has 0 saturated carbocycles. The van der Waals surface area contributed by atoms with E-state index >= 15 is 0 Å². The van der Waals surface area contributed by atoms with Crippen LogP contribution in [0.2, 0.25) is 0 Å². The van der Waals surface area contributed by atoms with Crippen LogP contribution in [0, 0.1) is 6.92 Å². The Morgan fingerprint density at radius 2 is 2.15 bits per heavy atom. The molecule has 1 rings (SSSR count). The molecular formula is C8H10F3NS. The zero-order valence-electron chi connectivity index (χ0n) is 7.06. The highest BCUT2D eigenvalue weighted by Gasteiger charge is 2.31. The Balaban J connectivity index is 2.69. The molecule has 0 aromatic carbocycles. The lowest BCUT2D eigenvalue weighted by Gasteiger charge is -2.13. The highest BCUT2D eigenvalue weighted by molar-refractivity contribution is 7.10. The minimum atomic E-state index is -4.18. The van der Waals surface area contributed by atoms with Crippen LogP contribution in [0.25, 0.3) is 0 Å². The summed E-state index contributed by atoms with van der Waals surface area (Å²) < 4.78 is 35.9. The molecule has 1 atom stereocenters. The fourth-order valence-corrected chi connectivity index (χ4v) is 2.04. The van der Waals surface area contributed by atoms with Gasteiger partial charge in [0.05, 0.1) is 6.42 Å². The molecule has 1 nitrogen and oxygen atoms in total. The minimum absolute atomic E-state index is 0.623. The first-order valence-electron chi connectivity index (χ1n) is 3.76. The molecule has 0 aliphatic carbocycles. The van der Waals surface area contributed by atoms with Crippen molar-refractivity contribution >= 4 is 11.3 Å². The Bertz CT molecular complexity index is 279. The topological polar surface area (TPSA) is 26.0 Å². The first kappa shape index (κ1) is 10.5. The van der Waals surface area contributed by atoms with Gasteiger partial charge >= 0.3 is 6.18 Å². The summed E-state index contributed by atoms with van der Waals surface area (Å²) in [5.41, 5.74) is 6.25. The quantitative estimate of drug-likeness (QED) is 0.796. The van der Waals surface area contributed by atoms with Crippen LogP contribution in [0.3, 0.4) is 0 Å². The maximum Gasteiger partial charge on any atom is 0.390 e. The largest absolute Gasteiger partial charge is 0.390 e. The maximum absolute atomic E-state index is 12.0. The number of hydrogen-bond acceptors (Lipinski definition) is 2. The van der Waals surface area contributed by atoms with Crippen molar-refractivity contribution in [1.29, 1.82) is 0 Å². The maximum atomic E-state index is 12.0. The zero-order chi connectivity index (χ0) is 10.1. The first-order valence-corrected chi connectivity index (χ1v) is 4.64. The molecule has 2 N–H and O–H groups in total. The normalized spacial score (nSPS) is 14.5. The fraction of sp³-hybridized carbons (Fsp3) is 0.500. The van der Waals surface area contributed by atoms with Crippen molar-refractivity contribution in [3.8, 4) is 0 Å². The summed E-state index contributed by atoms with van der Waals surface area (Å²) in [6, 6.07) is 0.857. The van der Waals surface area contributed by atoms with Crippen LogP contribution in [0.5, 0.6) is 0 Å². The smallest absolute Gasteiger partial charge is 0.323 e. The lowest BCUT2D eigenvalue weighted by atomic mass is 10.1. The van der Waals surface area contributed by atoms with Gasteiger partial charge in [-0.05, 0) is 23.9 Å². The number of thiophene rings is 1. The van der Waals surface area contributed by atoms with E-state index in [9.17, 15) is 13.2 Å². The van der Waals surface area contributed by atoms with Gasteiger partial charge in [-0.2, -0.15) is 13.2 Å². The van der Waals surface area contributed by atoms with Crippen LogP contribution >= 0.6 is 11.3 Å². The van der Waals surface area contributed by atoms with Gasteiger partial charge in [0.1, 0.15) is 0 Å². The van der Waals surface area contributed by atoms with Crippen LogP contribution in [0.1, 0.15) is 22.9 Å². The van der Waals surface area contributed by atoms with Gasteiger partial charge in [0.25, 0.3) is 0 Å². The zero-order valence-corrected chi connectivity index (χ0v) is 7.88. The van der Waals surface area contributed by atoms with E-state index in [0.29, 0.717) is 4.88 Å². The highest BCUT2D eigenvalue weighted by atomic mass is 32.1. The third-order valence-electron chi connectivity index (χ3n) is 1.69. The molecule has 1 heterocycles. The van der Waals surface area contributed by atoms with Crippen LogP contribution < -0.4 is 5.73 Å². The Morgan fingerprint density at radius 1 is 1.54 bits per heavy atom. The fourth-order valence-electron chi connectivity index (χ4n) is 1.11. The second-order valence-corrected chi connectivity index (χ2v) is 3.84. The molecule has 0 aliphatic heterocycles. The summed E-state index contributed by atoms with van der Waals surface area (Å²) in [5.74, 6) is 0. The van der Waals surface area contributed by atoms with E-state index in [-0.39, 0.29) is 0 Å². The third-order valence-corrected chi connectivity index (χ3v) is 2.84. The molecule has 1 aromatic heterocycles. The Hall–Kier alpha value is -0.550. The van der Waals surface area contributed by atoms with Gasteiger partial charge in [-0.15, -0.1) is 11.3 Å². The van der Waals surface area contributed by atoms with E-state index < -0.39 is 18.6 Å². The second kappa shape index (κ2) is 3.67. The van der Waals surface area contributed by atoms with Crippen molar-refractivity contribution < 1.29 is 13.2 Å². The van der Waals surface area contributed by atoms with Crippen molar-refractivity contribution in [1.82, 2.24) is 0 Å². The number of nitrogens with two attached hydrogens (primary N) is 1. The number of aryl methyl sites for hydroxylation is 1. The molecule has 0 saturated heterocycles. The second-order valence-electron chi connectivity index (χ2n) is 2.89. The van der Waals surface area contributed by atoms with Crippen LogP contribution in [0.15, 0.2) is 11.4 Å². The van der Waals surface area contributed by atoms with E-state index in [1.54, 1.807) is 18.4 Å².